The van der Waals surface area contributed by atoms with Crippen molar-refractivity contribution in [3.05, 3.63) is 41.7 Å². The summed E-state index contributed by atoms with van der Waals surface area (Å²) in [5, 5.41) is 11.1. The maximum Gasteiger partial charge on any atom is 0.416 e. The molecule has 0 aliphatic heterocycles. The van der Waals surface area contributed by atoms with E-state index in [1.54, 1.807) is 11.7 Å². The summed E-state index contributed by atoms with van der Waals surface area (Å²) in [6.45, 7) is 2.42. The Labute approximate surface area is 135 Å². The fraction of sp³-hybridized carbons (Fsp3) is 0.333. The van der Waals surface area contributed by atoms with Crippen LogP contribution >= 0.6 is 0 Å². The first-order chi connectivity index (χ1) is 11.4. The van der Waals surface area contributed by atoms with E-state index in [9.17, 15) is 13.2 Å². The van der Waals surface area contributed by atoms with Crippen LogP contribution in [0.4, 0.5) is 19.0 Å². The maximum absolute atomic E-state index is 12.6. The number of hydrogen-bond acceptors (Lipinski definition) is 5. The average molecular weight is 336 g/mol. The molecule has 0 aliphatic carbocycles. The fourth-order valence-corrected chi connectivity index (χ4v) is 2.35. The van der Waals surface area contributed by atoms with Gasteiger partial charge in [-0.05, 0) is 23.6 Å². The van der Waals surface area contributed by atoms with Crippen molar-refractivity contribution in [2.45, 2.75) is 19.0 Å². The summed E-state index contributed by atoms with van der Waals surface area (Å²) in [4.78, 5) is 8.25. The van der Waals surface area contributed by atoms with Crippen molar-refractivity contribution in [1.29, 1.82) is 0 Å². The second-order valence-electron chi connectivity index (χ2n) is 5.51. The zero-order chi connectivity index (χ0) is 17.3. The highest BCUT2D eigenvalue weighted by atomic mass is 19.4. The highest BCUT2D eigenvalue weighted by Crippen LogP contribution is 2.30. The Morgan fingerprint density at radius 1 is 1.17 bits per heavy atom. The van der Waals surface area contributed by atoms with Crippen LogP contribution in [0.15, 0.2) is 30.6 Å². The van der Waals surface area contributed by atoms with Gasteiger partial charge in [0.2, 0.25) is 0 Å². The lowest BCUT2D eigenvalue weighted by molar-refractivity contribution is -0.137. The van der Waals surface area contributed by atoms with Crippen LogP contribution in [-0.4, -0.2) is 31.5 Å². The van der Waals surface area contributed by atoms with E-state index in [2.05, 4.69) is 25.6 Å². The zero-order valence-corrected chi connectivity index (χ0v) is 13.0. The Morgan fingerprint density at radius 3 is 2.54 bits per heavy atom. The normalized spacial score (nSPS) is 13.2. The Morgan fingerprint density at radius 2 is 1.88 bits per heavy atom. The van der Waals surface area contributed by atoms with Crippen molar-refractivity contribution >= 4 is 17.0 Å². The lowest BCUT2D eigenvalue weighted by Gasteiger charge is -2.14. The monoisotopic (exact) mass is 336 g/mol. The molecule has 0 fully saturated rings. The van der Waals surface area contributed by atoms with Gasteiger partial charge in [0, 0.05) is 13.6 Å². The first-order valence-electron chi connectivity index (χ1n) is 7.27. The molecule has 6 nitrogen and oxygen atoms in total. The summed E-state index contributed by atoms with van der Waals surface area (Å²) in [6.07, 6.45) is -2.91. The van der Waals surface area contributed by atoms with Gasteiger partial charge in [-0.2, -0.15) is 13.2 Å². The molecule has 3 aromatic rings. The fourth-order valence-electron chi connectivity index (χ4n) is 2.35. The molecule has 9 heteroatoms. The van der Waals surface area contributed by atoms with E-state index < -0.39 is 11.7 Å². The van der Waals surface area contributed by atoms with Crippen LogP contribution in [0.3, 0.4) is 0 Å². The molecule has 0 radical (unpaired) electrons. The molecule has 2 heterocycles. The van der Waals surface area contributed by atoms with E-state index in [1.807, 2.05) is 6.92 Å². The molecule has 2 aromatic heterocycles. The van der Waals surface area contributed by atoms with E-state index in [0.717, 1.165) is 17.7 Å². The molecule has 1 atom stereocenters. The van der Waals surface area contributed by atoms with Gasteiger partial charge in [-0.15, -0.1) is 5.10 Å². The van der Waals surface area contributed by atoms with Crippen LogP contribution in [0.25, 0.3) is 11.2 Å². The van der Waals surface area contributed by atoms with Gasteiger partial charge < -0.3 is 5.32 Å². The number of nitrogens with zero attached hydrogens (tertiary/aromatic N) is 5. The van der Waals surface area contributed by atoms with Gasteiger partial charge in [0.15, 0.2) is 17.0 Å². The molecule has 24 heavy (non-hydrogen) atoms. The molecule has 0 spiro atoms. The third-order valence-corrected chi connectivity index (χ3v) is 3.77. The van der Waals surface area contributed by atoms with Gasteiger partial charge in [-0.3, -0.25) is 0 Å². The molecule has 3 rings (SSSR count). The van der Waals surface area contributed by atoms with Gasteiger partial charge in [-0.1, -0.05) is 24.3 Å². The molecule has 0 bridgehead atoms. The summed E-state index contributed by atoms with van der Waals surface area (Å²) < 4.78 is 39.3. The minimum Gasteiger partial charge on any atom is -0.367 e. The lowest BCUT2D eigenvalue weighted by Crippen LogP contribution is -2.12. The Hall–Kier alpha value is -2.71. The number of hydrogen-bond donors (Lipinski definition) is 1. The van der Waals surface area contributed by atoms with Crippen LogP contribution in [0.1, 0.15) is 24.0 Å². The highest BCUT2D eigenvalue weighted by molar-refractivity contribution is 5.81. The van der Waals surface area contributed by atoms with Gasteiger partial charge in [-0.25, -0.2) is 14.6 Å². The topological polar surface area (TPSA) is 68.5 Å². The molecule has 1 aromatic carbocycles. The predicted octanol–water partition coefficient (Wildman–Crippen LogP) is 2.99. The Kier molecular flexibility index (Phi) is 4.08. The van der Waals surface area contributed by atoms with Crippen LogP contribution < -0.4 is 5.32 Å². The van der Waals surface area contributed by atoms with Gasteiger partial charge in [0.25, 0.3) is 0 Å². The second kappa shape index (κ2) is 6.06. The standard InChI is InChI=1S/C15H15F3N6/c1-9(10-3-5-11(6-4-10)15(16,17)18)7-19-13-12-14(21-8-20-13)24(2)23-22-12/h3-6,8-9H,7H2,1-2H3,(H,19,20,21). The number of rotatable bonds is 4. The van der Waals surface area contributed by atoms with E-state index in [1.165, 1.54) is 18.5 Å². The number of benzene rings is 1. The van der Waals surface area contributed by atoms with Gasteiger partial charge >= 0.3 is 6.18 Å². The number of aryl methyl sites for hydroxylation is 1. The third-order valence-electron chi connectivity index (χ3n) is 3.77. The molecule has 0 aliphatic rings. The quantitative estimate of drug-likeness (QED) is 0.793. The van der Waals surface area contributed by atoms with Crippen LogP contribution in [0.2, 0.25) is 0 Å². The van der Waals surface area contributed by atoms with E-state index in [4.69, 9.17) is 0 Å². The number of halogens is 3. The molecule has 0 amide bonds. The molecule has 1 N–H and O–H groups in total. The second-order valence-corrected chi connectivity index (χ2v) is 5.51. The summed E-state index contributed by atoms with van der Waals surface area (Å²) in [6, 6.07) is 5.18. The van der Waals surface area contributed by atoms with Gasteiger partial charge in [0.05, 0.1) is 5.56 Å². The summed E-state index contributed by atoms with van der Waals surface area (Å²) in [5.74, 6) is 0.542. The Bertz CT molecular complexity index is 841. The van der Waals surface area contributed by atoms with Crippen molar-refractivity contribution in [3.8, 4) is 0 Å². The first kappa shape index (κ1) is 16.2. The summed E-state index contributed by atoms with van der Waals surface area (Å²) >= 11 is 0. The van der Waals surface area contributed by atoms with Crippen LogP contribution in [-0.2, 0) is 13.2 Å². The molecule has 1 unspecified atom stereocenters. The molecular formula is C15H15F3N6. The Balaban J connectivity index is 1.72. The molecule has 0 saturated carbocycles. The number of alkyl halides is 3. The third kappa shape index (κ3) is 3.15. The van der Waals surface area contributed by atoms with Crippen LogP contribution in [0.5, 0.6) is 0 Å². The maximum atomic E-state index is 12.6. The summed E-state index contributed by atoms with van der Waals surface area (Å²) in [5.41, 5.74) is 1.32. The van der Waals surface area contributed by atoms with Crippen molar-refractivity contribution in [2.24, 2.45) is 7.05 Å². The number of fused-ring (bicyclic) bond motifs is 1. The van der Waals surface area contributed by atoms with E-state index in [0.29, 0.717) is 23.5 Å². The van der Waals surface area contributed by atoms with Crippen LogP contribution in [0, 0.1) is 0 Å². The SMILES string of the molecule is CC(CNc1ncnc2c1nnn2C)c1ccc(C(F)(F)F)cc1. The first-order valence-corrected chi connectivity index (χ1v) is 7.27. The van der Waals surface area contributed by atoms with E-state index >= 15 is 0 Å². The number of anilines is 1. The molecular weight excluding hydrogens is 321 g/mol. The average Bonchev–Trinajstić information content (AvgIpc) is 2.94. The zero-order valence-electron chi connectivity index (χ0n) is 13.0. The van der Waals surface area contributed by atoms with Crippen molar-refractivity contribution in [3.63, 3.8) is 0 Å². The molecule has 126 valence electrons. The van der Waals surface area contributed by atoms with E-state index in [-0.39, 0.29) is 5.92 Å². The summed E-state index contributed by atoms with van der Waals surface area (Å²) in [7, 11) is 1.73. The van der Waals surface area contributed by atoms with Crippen molar-refractivity contribution < 1.29 is 13.2 Å². The smallest absolute Gasteiger partial charge is 0.367 e. The molecule has 0 saturated heterocycles. The minimum absolute atomic E-state index is 0.00558. The highest BCUT2D eigenvalue weighted by Gasteiger charge is 2.30. The predicted molar refractivity (Wildman–Crippen MR) is 82.4 cm³/mol. The number of aromatic nitrogens is 5. The lowest BCUT2D eigenvalue weighted by atomic mass is 9.99. The van der Waals surface area contributed by atoms with Crippen molar-refractivity contribution in [2.75, 3.05) is 11.9 Å². The van der Waals surface area contributed by atoms with Gasteiger partial charge in [0.1, 0.15) is 6.33 Å². The van der Waals surface area contributed by atoms with Crippen molar-refractivity contribution in [1.82, 2.24) is 25.0 Å². The largest absolute Gasteiger partial charge is 0.416 e. The minimum atomic E-state index is -4.32. The number of nitrogens with one attached hydrogen (secondary N) is 1.